The zero-order chi connectivity index (χ0) is 51.7. The van der Waals surface area contributed by atoms with Crippen molar-refractivity contribution in [1.82, 2.24) is 0 Å². The second kappa shape index (κ2) is 55.5. The molecule has 0 bridgehead atoms. The van der Waals surface area contributed by atoms with Crippen molar-refractivity contribution >= 4 is 19.8 Å². The van der Waals surface area contributed by atoms with Gasteiger partial charge in [-0.15, -0.1) is 0 Å². The van der Waals surface area contributed by atoms with E-state index in [0.717, 1.165) is 103 Å². The van der Waals surface area contributed by atoms with Crippen molar-refractivity contribution in [3.63, 3.8) is 0 Å². The Morgan fingerprint density at radius 2 is 0.775 bits per heavy atom. The van der Waals surface area contributed by atoms with E-state index in [2.05, 4.69) is 148 Å². The number of phosphoric acid groups is 1. The van der Waals surface area contributed by atoms with Crippen LogP contribution >= 0.6 is 7.82 Å². The molecular weight excluding hydrogens is 906 g/mol. The normalized spacial score (nSPS) is 14.1. The van der Waals surface area contributed by atoms with Crippen LogP contribution in [0.25, 0.3) is 0 Å². The average Bonchev–Trinajstić information content (AvgIpc) is 3.36. The van der Waals surface area contributed by atoms with Crippen molar-refractivity contribution in [3.8, 4) is 0 Å². The topological polar surface area (TPSA) is 134 Å². The monoisotopic (exact) mass is 1010 g/mol. The van der Waals surface area contributed by atoms with Crippen molar-refractivity contribution in [1.29, 1.82) is 0 Å². The fourth-order valence-corrected chi connectivity index (χ4v) is 7.72. The van der Waals surface area contributed by atoms with E-state index in [4.69, 9.17) is 24.3 Å². The fraction of sp³-hybridized carbons (Fsp3) is 0.607. The molecule has 2 unspecified atom stereocenters. The number of hydrogen-bond acceptors (Lipinski definition) is 8. The lowest BCUT2D eigenvalue weighted by atomic mass is 10.1. The van der Waals surface area contributed by atoms with Gasteiger partial charge in [-0.1, -0.05) is 212 Å². The molecule has 0 fully saturated rings. The zero-order valence-electron chi connectivity index (χ0n) is 44.7. The number of allylic oxidation sites excluding steroid dienone is 22. The summed E-state index contributed by atoms with van der Waals surface area (Å²) in [6.07, 6.45) is 77.9. The molecule has 10 heteroatoms. The molecule has 0 rings (SSSR count). The summed E-state index contributed by atoms with van der Waals surface area (Å²) in [7, 11) is -4.41. The van der Waals surface area contributed by atoms with Gasteiger partial charge in [-0.25, -0.2) is 4.57 Å². The second-order valence-corrected chi connectivity index (χ2v) is 19.2. The van der Waals surface area contributed by atoms with Crippen LogP contribution in [0.3, 0.4) is 0 Å². The maximum absolute atomic E-state index is 12.7. The van der Waals surface area contributed by atoms with E-state index < -0.39 is 32.5 Å². The number of hydrogen-bond donors (Lipinski definition) is 2. The number of nitrogens with two attached hydrogens (primary N) is 1. The first-order valence-electron chi connectivity index (χ1n) is 27.7. The molecule has 0 radical (unpaired) electrons. The van der Waals surface area contributed by atoms with Gasteiger partial charge in [0.2, 0.25) is 0 Å². The van der Waals surface area contributed by atoms with Crippen LogP contribution in [0.15, 0.2) is 134 Å². The molecule has 0 amide bonds. The molecule has 0 saturated carbocycles. The van der Waals surface area contributed by atoms with Crippen LogP contribution < -0.4 is 5.73 Å². The molecule has 0 aliphatic rings. The number of unbranched alkanes of at least 4 members (excludes halogenated alkanes) is 15. The van der Waals surface area contributed by atoms with Gasteiger partial charge in [0.15, 0.2) is 6.10 Å². The minimum Gasteiger partial charge on any atom is -0.462 e. The lowest BCUT2D eigenvalue weighted by molar-refractivity contribution is -0.161. The lowest BCUT2D eigenvalue weighted by Crippen LogP contribution is -2.29. The molecule has 2 atom stereocenters. The predicted molar refractivity (Wildman–Crippen MR) is 302 cm³/mol. The Bertz CT molecular complexity index is 1620. The van der Waals surface area contributed by atoms with E-state index in [9.17, 15) is 19.0 Å². The van der Waals surface area contributed by atoms with Gasteiger partial charge < -0.3 is 20.1 Å². The van der Waals surface area contributed by atoms with Gasteiger partial charge in [0, 0.05) is 19.4 Å². The summed E-state index contributed by atoms with van der Waals surface area (Å²) in [5.41, 5.74) is 5.37. The molecule has 0 aromatic heterocycles. The summed E-state index contributed by atoms with van der Waals surface area (Å²) in [6.45, 7) is 3.55. The van der Waals surface area contributed by atoms with Crippen LogP contribution in [0.1, 0.15) is 206 Å². The van der Waals surface area contributed by atoms with Crippen LogP contribution in [-0.2, 0) is 32.7 Å². The highest BCUT2D eigenvalue weighted by Gasteiger charge is 2.26. The molecule has 0 aliphatic carbocycles. The summed E-state index contributed by atoms with van der Waals surface area (Å²) >= 11 is 0. The zero-order valence-corrected chi connectivity index (χ0v) is 45.5. The van der Waals surface area contributed by atoms with Crippen LogP contribution in [0.4, 0.5) is 0 Å². The molecule has 0 aliphatic heterocycles. The van der Waals surface area contributed by atoms with E-state index >= 15 is 0 Å². The highest BCUT2D eigenvalue weighted by molar-refractivity contribution is 7.47. The maximum Gasteiger partial charge on any atom is 0.472 e. The van der Waals surface area contributed by atoms with Crippen molar-refractivity contribution in [2.45, 2.75) is 213 Å². The van der Waals surface area contributed by atoms with Gasteiger partial charge in [-0.05, 0) is 116 Å². The Morgan fingerprint density at radius 3 is 1.20 bits per heavy atom. The Balaban J connectivity index is 4.16. The van der Waals surface area contributed by atoms with Crippen molar-refractivity contribution in [3.05, 3.63) is 134 Å². The highest BCUT2D eigenvalue weighted by Crippen LogP contribution is 2.43. The third-order valence-electron chi connectivity index (χ3n) is 11.0. The van der Waals surface area contributed by atoms with Gasteiger partial charge in [0.25, 0.3) is 0 Å². The van der Waals surface area contributed by atoms with E-state index in [0.29, 0.717) is 12.8 Å². The van der Waals surface area contributed by atoms with Crippen LogP contribution in [0.2, 0.25) is 0 Å². The minimum atomic E-state index is -4.41. The van der Waals surface area contributed by atoms with E-state index in [-0.39, 0.29) is 32.6 Å². The number of carbonyl (C=O) groups excluding carboxylic acids is 2. The van der Waals surface area contributed by atoms with Crippen LogP contribution in [0.5, 0.6) is 0 Å². The van der Waals surface area contributed by atoms with E-state index in [1.165, 1.54) is 64.2 Å². The molecular formula is C61H100NO8P. The summed E-state index contributed by atoms with van der Waals surface area (Å²) in [6, 6.07) is 0. The van der Waals surface area contributed by atoms with Crippen molar-refractivity contribution < 1.29 is 37.6 Å². The third kappa shape index (κ3) is 55.3. The van der Waals surface area contributed by atoms with E-state index in [1.807, 2.05) is 0 Å². The fourth-order valence-electron chi connectivity index (χ4n) is 6.95. The van der Waals surface area contributed by atoms with Crippen molar-refractivity contribution in [2.75, 3.05) is 26.4 Å². The number of carbonyl (C=O) groups is 2. The molecule has 402 valence electrons. The molecule has 9 nitrogen and oxygen atoms in total. The standard InChI is InChI=1S/C61H100NO8P/c1-3-5-7-9-11-13-15-17-19-21-22-23-24-25-26-27-28-29-30-31-32-33-34-35-36-38-40-42-44-46-48-50-52-54-61(64)70-59(58-69-71(65,66)68-56-55-62)57-67-60(63)53-51-49-47-45-43-41-39-37-20-18-16-14-12-10-8-6-4-2/h5,7,11,13,17-20,22-23,25-26,28-29,31-32,34-35,38,40,44,46,59H,3-4,6,8-10,12,14-16,21,24,27,30,33,36-37,39,41-43,45,47-58,62H2,1-2H3,(H,65,66)/b7-5-,13-11-,19-17-,20-18-,23-22-,26-25-,29-28-,32-31-,35-34-,40-38-,46-44-. The van der Waals surface area contributed by atoms with Gasteiger partial charge in [0.1, 0.15) is 6.61 Å². The summed E-state index contributed by atoms with van der Waals surface area (Å²) < 4.78 is 32.9. The molecule has 71 heavy (non-hydrogen) atoms. The number of phosphoric ester groups is 1. The Labute approximate surface area is 434 Å². The summed E-state index contributed by atoms with van der Waals surface area (Å²) in [5.74, 6) is -0.894. The first kappa shape index (κ1) is 67.1. The molecule has 0 aromatic carbocycles. The first-order valence-corrected chi connectivity index (χ1v) is 29.2. The molecule has 3 N–H and O–H groups in total. The SMILES string of the molecule is CC/C=C\C/C=C\C/C=C\C/C=C\C/C=C\C/C=C\C/C=C\C/C=C\C/C=C\C/C=C\CCCCC(=O)OC(COC(=O)CCCCCCCCC/C=C\CCCCCCCC)COP(=O)(O)OCCN. The predicted octanol–water partition coefficient (Wildman–Crippen LogP) is 17.4. The first-order chi connectivity index (χ1) is 34.8. The number of esters is 2. The second-order valence-electron chi connectivity index (χ2n) is 17.7. The third-order valence-corrected chi connectivity index (χ3v) is 12.0. The maximum atomic E-state index is 12.7. The Kier molecular flexibility index (Phi) is 52.5. The lowest BCUT2D eigenvalue weighted by Gasteiger charge is -2.19. The van der Waals surface area contributed by atoms with Crippen LogP contribution in [0, 0.1) is 0 Å². The van der Waals surface area contributed by atoms with Gasteiger partial charge in [0.05, 0.1) is 13.2 Å². The van der Waals surface area contributed by atoms with Gasteiger partial charge >= 0.3 is 19.8 Å². The molecule has 0 heterocycles. The highest BCUT2D eigenvalue weighted by atomic mass is 31.2. The number of rotatable bonds is 50. The Hall–Kier alpha value is -3.85. The largest absolute Gasteiger partial charge is 0.472 e. The molecule has 0 aromatic rings. The molecule has 0 spiro atoms. The molecule has 0 saturated heterocycles. The van der Waals surface area contributed by atoms with Crippen molar-refractivity contribution in [2.24, 2.45) is 5.73 Å². The Morgan fingerprint density at radius 1 is 0.437 bits per heavy atom. The average molecular weight is 1010 g/mol. The summed E-state index contributed by atoms with van der Waals surface area (Å²) in [4.78, 5) is 35.1. The van der Waals surface area contributed by atoms with Gasteiger partial charge in [-0.3, -0.25) is 18.6 Å². The van der Waals surface area contributed by atoms with E-state index in [1.54, 1.807) is 0 Å². The minimum absolute atomic E-state index is 0.0384. The van der Waals surface area contributed by atoms with Gasteiger partial charge in [-0.2, -0.15) is 0 Å². The van der Waals surface area contributed by atoms with Crippen LogP contribution in [-0.4, -0.2) is 49.3 Å². The quantitative estimate of drug-likeness (QED) is 0.0264. The number of ether oxygens (including phenoxy) is 2. The summed E-state index contributed by atoms with van der Waals surface area (Å²) in [5, 5.41) is 0. The smallest absolute Gasteiger partial charge is 0.462 e.